The van der Waals surface area contributed by atoms with Crippen LogP contribution in [-0.2, 0) is 22.7 Å². The van der Waals surface area contributed by atoms with E-state index in [0.29, 0.717) is 37.5 Å². The molecule has 1 aliphatic carbocycles. The summed E-state index contributed by atoms with van der Waals surface area (Å²) in [7, 11) is 0. The van der Waals surface area contributed by atoms with E-state index in [0.717, 1.165) is 31.6 Å². The first-order valence-electron chi connectivity index (χ1n) is 9.61. The van der Waals surface area contributed by atoms with Crippen molar-refractivity contribution in [3.8, 4) is 0 Å². The predicted molar refractivity (Wildman–Crippen MR) is 99.4 cm³/mol. The molecule has 138 valence electrons. The molecule has 2 aromatic rings. The Morgan fingerprint density at radius 2 is 1.88 bits per heavy atom. The maximum atomic E-state index is 12.5. The monoisotopic (exact) mass is 353 g/mol. The lowest BCUT2D eigenvalue weighted by atomic mass is 10.0. The molecular weight excluding hydrogens is 326 g/mol. The van der Waals surface area contributed by atoms with Gasteiger partial charge in [-0.25, -0.2) is 0 Å². The number of carbonyl (C=O) groups is 1. The van der Waals surface area contributed by atoms with Crippen LogP contribution in [0.15, 0.2) is 42.6 Å². The molecule has 0 bridgehead atoms. The number of carbonyl (C=O) groups excluding carboxylic acids is 1. The Morgan fingerprint density at radius 1 is 1.15 bits per heavy atom. The third-order valence-electron chi connectivity index (χ3n) is 5.72. The number of fused-ring (bicyclic) bond motifs is 1. The van der Waals surface area contributed by atoms with Crippen molar-refractivity contribution < 1.29 is 9.53 Å². The van der Waals surface area contributed by atoms with Gasteiger partial charge in [0.2, 0.25) is 5.91 Å². The first-order valence-corrected chi connectivity index (χ1v) is 9.61. The van der Waals surface area contributed by atoms with Crippen LogP contribution in [0.3, 0.4) is 0 Å². The lowest BCUT2D eigenvalue weighted by Gasteiger charge is -2.19. The van der Waals surface area contributed by atoms with Gasteiger partial charge < -0.3 is 9.64 Å². The molecule has 0 radical (unpaired) electrons. The highest BCUT2D eigenvalue weighted by atomic mass is 16.5. The highest BCUT2D eigenvalue weighted by Crippen LogP contribution is 2.39. The molecule has 1 aliphatic heterocycles. The normalized spacial score (nSPS) is 24.8. The molecule has 0 spiro atoms. The standard InChI is InChI=1S/C21H27N3O2/c1-16-7-9-24(22-16)10-8-21(25)23-13-18-11-20(12-19(18)14-23)26-15-17-5-3-2-4-6-17/h2-7,9,18-20H,8,10-15H2,1H3/t18-,19+,20?. The van der Waals surface area contributed by atoms with Gasteiger partial charge in [-0.05, 0) is 43.2 Å². The molecule has 5 nitrogen and oxygen atoms in total. The number of benzene rings is 1. The van der Waals surface area contributed by atoms with Crippen molar-refractivity contribution in [2.75, 3.05) is 13.1 Å². The molecule has 2 fully saturated rings. The van der Waals surface area contributed by atoms with Gasteiger partial charge in [0.15, 0.2) is 0 Å². The zero-order valence-corrected chi connectivity index (χ0v) is 15.4. The van der Waals surface area contributed by atoms with Gasteiger partial charge in [-0.1, -0.05) is 30.3 Å². The first-order chi connectivity index (χ1) is 12.7. The molecule has 4 rings (SSSR count). The van der Waals surface area contributed by atoms with Gasteiger partial charge in [0, 0.05) is 32.3 Å². The Balaban J connectivity index is 1.21. The summed E-state index contributed by atoms with van der Waals surface area (Å²) in [6.07, 6.45) is 4.98. The summed E-state index contributed by atoms with van der Waals surface area (Å²) in [5.74, 6) is 1.47. The molecular formula is C21H27N3O2. The molecule has 1 aromatic carbocycles. The molecule has 1 saturated heterocycles. The van der Waals surface area contributed by atoms with Gasteiger partial charge in [-0.3, -0.25) is 9.48 Å². The van der Waals surface area contributed by atoms with Crippen LogP contribution in [0.5, 0.6) is 0 Å². The van der Waals surface area contributed by atoms with Crippen molar-refractivity contribution in [3.63, 3.8) is 0 Å². The summed E-state index contributed by atoms with van der Waals surface area (Å²) in [5.41, 5.74) is 2.23. The van der Waals surface area contributed by atoms with Crippen molar-refractivity contribution in [2.45, 2.75) is 45.4 Å². The Labute approximate surface area is 154 Å². The molecule has 0 N–H and O–H groups in total. The number of nitrogens with zero attached hydrogens (tertiary/aromatic N) is 3. The Hall–Kier alpha value is -2.14. The number of rotatable bonds is 6. The van der Waals surface area contributed by atoms with Gasteiger partial charge in [-0.15, -0.1) is 0 Å². The zero-order chi connectivity index (χ0) is 17.9. The van der Waals surface area contributed by atoms with E-state index in [-0.39, 0.29) is 5.91 Å². The van der Waals surface area contributed by atoms with E-state index >= 15 is 0 Å². The van der Waals surface area contributed by atoms with E-state index in [1.807, 2.05) is 29.9 Å². The average Bonchev–Trinajstić information content (AvgIpc) is 3.33. The largest absolute Gasteiger partial charge is 0.374 e. The van der Waals surface area contributed by atoms with Crippen LogP contribution in [0.1, 0.15) is 30.5 Å². The van der Waals surface area contributed by atoms with Crippen LogP contribution in [0.4, 0.5) is 0 Å². The molecule has 2 heterocycles. The van der Waals surface area contributed by atoms with Gasteiger partial charge in [0.1, 0.15) is 0 Å². The number of aryl methyl sites for hydroxylation is 2. The Kier molecular flexibility index (Phi) is 5.07. The molecule has 5 heteroatoms. The quantitative estimate of drug-likeness (QED) is 0.802. The molecule has 1 unspecified atom stereocenters. The second-order valence-corrected chi connectivity index (χ2v) is 7.68. The zero-order valence-electron chi connectivity index (χ0n) is 15.4. The van der Waals surface area contributed by atoms with Gasteiger partial charge in [-0.2, -0.15) is 5.10 Å². The number of amides is 1. The first kappa shape index (κ1) is 17.3. The number of ether oxygens (including phenoxy) is 1. The van der Waals surface area contributed by atoms with Gasteiger partial charge in [0.05, 0.1) is 18.4 Å². The molecule has 2 aliphatic rings. The van der Waals surface area contributed by atoms with Crippen LogP contribution in [0.25, 0.3) is 0 Å². The summed E-state index contributed by atoms with van der Waals surface area (Å²) >= 11 is 0. The van der Waals surface area contributed by atoms with E-state index < -0.39 is 0 Å². The summed E-state index contributed by atoms with van der Waals surface area (Å²) in [6.45, 7) is 5.12. The summed E-state index contributed by atoms with van der Waals surface area (Å²) < 4.78 is 7.97. The lowest BCUT2D eigenvalue weighted by molar-refractivity contribution is -0.130. The second kappa shape index (κ2) is 7.62. The summed E-state index contributed by atoms with van der Waals surface area (Å²) in [5, 5.41) is 4.35. The molecule has 1 saturated carbocycles. The lowest BCUT2D eigenvalue weighted by Crippen LogP contribution is -2.31. The fraction of sp³-hybridized carbons (Fsp3) is 0.524. The number of aromatic nitrogens is 2. The van der Waals surface area contributed by atoms with Crippen molar-refractivity contribution in [1.82, 2.24) is 14.7 Å². The topological polar surface area (TPSA) is 47.4 Å². The van der Waals surface area contributed by atoms with Crippen LogP contribution < -0.4 is 0 Å². The number of hydrogen-bond acceptors (Lipinski definition) is 3. The number of hydrogen-bond donors (Lipinski definition) is 0. The van der Waals surface area contributed by atoms with E-state index in [9.17, 15) is 4.79 Å². The maximum Gasteiger partial charge on any atom is 0.224 e. The van der Waals surface area contributed by atoms with Crippen LogP contribution in [0.2, 0.25) is 0 Å². The van der Waals surface area contributed by atoms with E-state index in [1.165, 1.54) is 5.56 Å². The number of likely N-dealkylation sites (tertiary alicyclic amines) is 1. The van der Waals surface area contributed by atoms with Gasteiger partial charge in [0.25, 0.3) is 0 Å². The minimum atomic E-state index is 0.259. The molecule has 26 heavy (non-hydrogen) atoms. The third kappa shape index (κ3) is 3.98. The molecule has 1 aromatic heterocycles. The predicted octanol–water partition coefficient (Wildman–Crippen LogP) is 3.04. The van der Waals surface area contributed by atoms with Crippen LogP contribution >= 0.6 is 0 Å². The van der Waals surface area contributed by atoms with Crippen LogP contribution in [-0.4, -0.2) is 39.8 Å². The fourth-order valence-corrected chi connectivity index (χ4v) is 4.33. The highest BCUT2D eigenvalue weighted by molar-refractivity contribution is 5.76. The van der Waals surface area contributed by atoms with E-state index in [4.69, 9.17) is 4.74 Å². The van der Waals surface area contributed by atoms with E-state index in [2.05, 4.69) is 34.3 Å². The van der Waals surface area contributed by atoms with Crippen molar-refractivity contribution in [2.24, 2.45) is 11.8 Å². The van der Waals surface area contributed by atoms with E-state index in [1.54, 1.807) is 0 Å². The van der Waals surface area contributed by atoms with Crippen molar-refractivity contribution in [3.05, 3.63) is 53.9 Å². The summed E-state index contributed by atoms with van der Waals surface area (Å²) in [4.78, 5) is 14.6. The SMILES string of the molecule is Cc1ccn(CCC(=O)N2C[C@H]3CC(OCc4ccccc4)C[C@H]3C2)n1. The maximum absolute atomic E-state index is 12.5. The smallest absolute Gasteiger partial charge is 0.224 e. The Morgan fingerprint density at radius 3 is 2.54 bits per heavy atom. The van der Waals surface area contributed by atoms with Gasteiger partial charge >= 0.3 is 0 Å². The molecule has 3 atom stereocenters. The van der Waals surface area contributed by atoms with Crippen molar-refractivity contribution in [1.29, 1.82) is 0 Å². The highest BCUT2D eigenvalue weighted by Gasteiger charge is 2.42. The minimum absolute atomic E-state index is 0.259. The molecule has 1 amide bonds. The van der Waals surface area contributed by atoms with Crippen LogP contribution in [0, 0.1) is 18.8 Å². The third-order valence-corrected chi connectivity index (χ3v) is 5.72. The second-order valence-electron chi connectivity index (χ2n) is 7.68. The minimum Gasteiger partial charge on any atom is -0.374 e. The van der Waals surface area contributed by atoms with Crippen molar-refractivity contribution >= 4 is 5.91 Å². The summed E-state index contributed by atoms with van der Waals surface area (Å²) in [6, 6.07) is 12.3. The fourth-order valence-electron chi connectivity index (χ4n) is 4.33. The Bertz CT molecular complexity index is 729. The average molecular weight is 353 g/mol.